The van der Waals surface area contributed by atoms with E-state index in [2.05, 4.69) is 13.8 Å². The third-order valence-corrected chi connectivity index (χ3v) is 3.30. The maximum absolute atomic E-state index is 10.9. The minimum atomic E-state index is -0.794. The van der Waals surface area contributed by atoms with Gasteiger partial charge in [-0.1, -0.05) is 44.5 Å². The third-order valence-electron chi connectivity index (χ3n) is 3.30. The van der Waals surface area contributed by atoms with E-state index in [0.717, 1.165) is 17.7 Å². The van der Waals surface area contributed by atoms with Crippen molar-refractivity contribution in [3.63, 3.8) is 0 Å². The van der Waals surface area contributed by atoms with Crippen molar-refractivity contribution in [2.24, 2.45) is 5.92 Å². The SMILES string of the molecule is CCCC(C)COCc1ccc(C(C)C(=O)O)cc1. The van der Waals surface area contributed by atoms with Crippen LogP contribution in [0.2, 0.25) is 0 Å². The lowest BCUT2D eigenvalue weighted by Gasteiger charge is -2.11. The van der Waals surface area contributed by atoms with Crippen LogP contribution >= 0.6 is 0 Å². The number of rotatable bonds is 8. The Morgan fingerprint density at radius 1 is 1.26 bits per heavy atom. The molecular formula is C16H24O3. The second kappa shape index (κ2) is 7.95. The van der Waals surface area contributed by atoms with E-state index in [1.807, 2.05) is 24.3 Å². The highest BCUT2D eigenvalue weighted by Crippen LogP contribution is 2.16. The van der Waals surface area contributed by atoms with E-state index >= 15 is 0 Å². The van der Waals surface area contributed by atoms with Crippen LogP contribution in [0.3, 0.4) is 0 Å². The van der Waals surface area contributed by atoms with E-state index in [1.165, 1.54) is 12.8 Å². The second-order valence-corrected chi connectivity index (χ2v) is 5.21. The van der Waals surface area contributed by atoms with Crippen LogP contribution in [0.4, 0.5) is 0 Å². The van der Waals surface area contributed by atoms with Gasteiger partial charge in [0.1, 0.15) is 0 Å². The van der Waals surface area contributed by atoms with Crippen LogP contribution in [0, 0.1) is 5.92 Å². The third kappa shape index (κ3) is 5.43. The molecule has 0 aliphatic heterocycles. The van der Waals surface area contributed by atoms with Gasteiger partial charge >= 0.3 is 5.97 Å². The summed E-state index contributed by atoms with van der Waals surface area (Å²) in [6.07, 6.45) is 2.38. The van der Waals surface area contributed by atoms with Crippen LogP contribution in [0.25, 0.3) is 0 Å². The average Bonchev–Trinajstić information content (AvgIpc) is 2.39. The smallest absolute Gasteiger partial charge is 0.310 e. The van der Waals surface area contributed by atoms with Crippen molar-refractivity contribution >= 4 is 5.97 Å². The Labute approximate surface area is 115 Å². The standard InChI is InChI=1S/C16H24O3/c1-4-5-12(2)10-19-11-14-6-8-15(9-7-14)13(3)16(17)18/h6-9,12-13H,4-5,10-11H2,1-3H3,(H,17,18). The van der Waals surface area contributed by atoms with Crippen molar-refractivity contribution in [1.29, 1.82) is 0 Å². The summed E-state index contributed by atoms with van der Waals surface area (Å²) >= 11 is 0. The van der Waals surface area contributed by atoms with E-state index < -0.39 is 11.9 Å². The zero-order valence-corrected chi connectivity index (χ0v) is 12.1. The van der Waals surface area contributed by atoms with E-state index in [0.29, 0.717) is 12.5 Å². The average molecular weight is 264 g/mol. The summed E-state index contributed by atoms with van der Waals surface area (Å²) in [5.41, 5.74) is 1.92. The van der Waals surface area contributed by atoms with Crippen LogP contribution in [-0.4, -0.2) is 17.7 Å². The molecule has 106 valence electrons. The molecule has 0 heterocycles. The molecule has 1 aromatic rings. The molecule has 2 atom stereocenters. The fourth-order valence-electron chi connectivity index (χ4n) is 2.00. The zero-order chi connectivity index (χ0) is 14.3. The molecule has 0 saturated carbocycles. The maximum Gasteiger partial charge on any atom is 0.310 e. The monoisotopic (exact) mass is 264 g/mol. The van der Waals surface area contributed by atoms with Crippen molar-refractivity contribution in [2.75, 3.05) is 6.61 Å². The Kier molecular flexibility index (Phi) is 6.57. The van der Waals surface area contributed by atoms with Gasteiger partial charge in [0.15, 0.2) is 0 Å². The van der Waals surface area contributed by atoms with Gasteiger partial charge in [0, 0.05) is 6.61 Å². The second-order valence-electron chi connectivity index (χ2n) is 5.21. The number of hydrogen-bond donors (Lipinski definition) is 1. The molecule has 0 aliphatic carbocycles. The number of aliphatic carboxylic acids is 1. The molecule has 1 rings (SSSR count). The number of carboxylic acids is 1. The number of carbonyl (C=O) groups is 1. The number of benzene rings is 1. The van der Waals surface area contributed by atoms with Crippen molar-refractivity contribution in [3.05, 3.63) is 35.4 Å². The normalized spacial score (nSPS) is 14.1. The van der Waals surface area contributed by atoms with Gasteiger partial charge in [-0.05, 0) is 30.4 Å². The first kappa shape index (κ1) is 15.7. The Morgan fingerprint density at radius 3 is 2.42 bits per heavy atom. The van der Waals surface area contributed by atoms with Crippen LogP contribution in [0.5, 0.6) is 0 Å². The molecule has 0 aliphatic rings. The van der Waals surface area contributed by atoms with Gasteiger partial charge in [-0.2, -0.15) is 0 Å². The summed E-state index contributed by atoms with van der Waals surface area (Å²) in [5, 5.41) is 8.93. The van der Waals surface area contributed by atoms with Crippen molar-refractivity contribution in [1.82, 2.24) is 0 Å². The van der Waals surface area contributed by atoms with E-state index in [9.17, 15) is 4.79 Å². The number of hydrogen-bond acceptors (Lipinski definition) is 2. The zero-order valence-electron chi connectivity index (χ0n) is 12.1. The first-order chi connectivity index (χ1) is 9.04. The Hall–Kier alpha value is -1.35. The van der Waals surface area contributed by atoms with Gasteiger partial charge in [0.05, 0.1) is 12.5 Å². The summed E-state index contributed by atoms with van der Waals surface area (Å²) in [6, 6.07) is 7.62. The minimum Gasteiger partial charge on any atom is -0.481 e. The van der Waals surface area contributed by atoms with Crippen molar-refractivity contribution in [3.8, 4) is 0 Å². The van der Waals surface area contributed by atoms with Crippen LogP contribution in [0.1, 0.15) is 50.7 Å². The molecule has 0 aromatic heterocycles. The van der Waals surface area contributed by atoms with Crippen LogP contribution in [0.15, 0.2) is 24.3 Å². The first-order valence-electron chi connectivity index (χ1n) is 6.94. The summed E-state index contributed by atoms with van der Waals surface area (Å²) in [6.45, 7) is 7.44. The van der Waals surface area contributed by atoms with E-state index in [4.69, 9.17) is 9.84 Å². The van der Waals surface area contributed by atoms with Crippen LogP contribution in [-0.2, 0) is 16.1 Å². The van der Waals surface area contributed by atoms with Crippen LogP contribution < -0.4 is 0 Å². The molecule has 1 aromatic carbocycles. The van der Waals surface area contributed by atoms with Gasteiger partial charge in [0.25, 0.3) is 0 Å². The van der Waals surface area contributed by atoms with E-state index in [1.54, 1.807) is 6.92 Å². The largest absolute Gasteiger partial charge is 0.481 e. The lowest BCUT2D eigenvalue weighted by Crippen LogP contribution is -2.08. The molecule has 0 bridgehead atoms. The van der Waals surface area contributed by atoms with Crippen molar-refractivity contribution in [2.45, 2.75) is 46.1 Å². The van der Waals surface area contributed by atoms with Gasteiger partial charge in [-0.25, -0.2) is 0 Å². The molecule has 3 nitrogen and oxygen atoms in total. The summed E-state index contributed by atoms with van der Waals surface area (Å²) in [4.78, 5) is 10.9. The molecule has 19 heavy (non-hydrogen) atoms. The number of ether oxygens (including phenoxy) is 1. The fraction of sp³-hybridized carbons (Fsp3) is 0.562. The fourth-order valence-corrected chi connectivity index (χ4v) is 2.00. The topological polar surface area (TPSA) is 46.5 Å². The summed E-state index contributed by atoms with van der Waals surface area (Å²) in [5.74, 6) is -0.659. The molecule has 0 radical (unpaired) electrons. The molecule has 0 spiro atoms. The first-order valence-corrected chi connectivity index (χ1v) is 6.94. The molecule has 1 N–H and O–H groups in total. The lowest BCUT2D eigenvalue weighted by molar-refractivity contribution is -0.138. The predicted octanol–water partition coefficient (Wildman–Crippen LogP) is 3.83. The molecule has 2 unspecified atom stereocenters. The Bertz CT molecular complexity index is 383. The minimum absolute atomic E-state index is 0.459. The van der Waals surface area contributed by atoms with Gasteiger partial charge in [-0.3, -0.25) is 4.79 Å². The van der Waals surface area contributed by atoms with E-state index in [-0.39, 0.29) is 0 Å². The predicted molar refractivity (Wildman–Crippen MR) is 76.2 cm³/mol. The summed E-state index contributed by atoms with van der Waals surface area (Å²) in [7, 11) is 0. The molecular weight excluding hydrogens is 240 g/mol. The highest BCUT2D eigenvalue weighted by atomic mass is 16.5. The molecule has 3 heteroatoms. The molecule has 0 amide bonds. The van der Waals surface area contributed by atoms with Gasteiger partial charge in [0.2, 0.25) is 0 Å². The lowest BCUT2D eigenvalue weighted by atomic mass is 10.0. The summed E-state index contributed by atoms with van der Waals surface area (Å²) < 4.78 is 5.67. The molecule has 0 fully saturated rings. The Balaban J connectivity index is 2.42. The number of carboxylic acid groups (broad SMARTS) is 1. The van der Waals surface area contributed by atoms with Crippen molar-refractivity contribution < 1.29 is 14.6 Å². The Morgan fingerprint density at radius 2 is 1.89 bits per heavy atom. The molecule has 0 saturated heterocycles. The maximum atomic E-state index is 10.9. The quantitative estimate of drug-likeness (QED) is 0.776. The van der Waals surface area contributed by atoms with Gasteiger partial charge < -0.3 is 9.84 Å². The van der Waals surface area contributed by atoms with Gasteiger partial charge in [-0.15, -0.1) is 0 Å². The highest BCUT2D eigenvalue weighted by molar-refractivity contribution is 5.75. The highest BCUT2D eigenvalue weighted by Gasteiger charge is 2.12.